The molecule has 0 bridgehead atoms. The first-order valence-corrected chi connectivity index (χ1v) is 14.6. The van der Waals surface area contributed by atoms with Gasteiger partial charge in [-0.05, 0) is 36.3 Å². The van der Waals surface area contributed by atoms with Gasteiger partial charge in [-0.3, -0.25) is 9.15 Å². The van der Waals surface area contributed by atoms with Crippen LogP contribution in [0.15, 0.2) is 0 Å². The molecule has 0 heterocycles. The Bertz CT molecular complexity index is 412. The standard InChI is InChI=1S/C17H38O6Si2/c1-16(2,3)24(7,8)22-20-13-14(19)15(11-12-18)21-23-25(9,10)17(4,5)6/h12,14-15,19H,11,13H2,1-10H3/t14-,15+/m1/s1. The quantitative estimate of drug-likeness (QED) is 0.259. The summed E-state index contributed by atoms with van der Waals surface area (Å²) in [5.41, 5.74) is 0. The van der Waals surface area contributed by atoms with Gasteiger partial charge in [-0.15, -0.1) is 0 Å². The monoisotopic (exact) mass is 394 g/mol. The molecule has 0 aromatic rings. The van der Waals surface area contributed by atoms with E-state index in [9.17, 15) is 9.90 Å². The molecule has 0 saturated carbocycles. The molecule has 0 aromatic carbocycles. The molecule has 0 aromatic heterocycles. The maximum Gasteiger partial charge on any atom is 0.238 e. The summed E-state index contributed by atoms with van der Waals surface area (Å²) in [5, 5.41) is 10.3. The van der Waals surface area contributed by atoms with Crippen LogP contribution in [0, 0.1) is 0 Å². The molecule has 6 nitrogen and oxygen atoms in total. The molecule has 0 spiro atoms. The Morgan fingerprint density at radius 2 is 1.36 bits per heavy atom. The van der Waals surface area contributed by atoms with E-state index in [1.165, 1.54) is 0 Å². The van der Waals surface area contributed by atoms with Crippen molar-refractivity contribution in [1.82, 2.24) is 0 Å². The minimum atomic E-state index is -2.14. The smallest absolute Gasteiger partial charge is 0.238 e. The van der Waals surface area contributed by atoms with Gasteiger partial charge in [-0.2, -0.15) is 0 Å². The Morgan fingerprint density at radius 3 is 1.76 bits per heavy atom. The number of carbonyl (C=O) groups is 1. The van der Waals surface area contributed by atoms with Crippen molar-refractivity contribution in [1.29, 1.82) is 0 Å². The summed E-state index contributed by atoms with van der Waals surface area (Å²) in [7, 11) is -4.21. The van der Waals surface area contributed by atoms with Crippen LogP contribution in [0.25, 0.3) is 0 Å². The lowest BCUT2D eigenvalue weighted by Gasteiger charge is -2.36. The molecule has 2 atom stereocenters. The zero-order chi connectivity index (χ0) is 20.1. The largest absolute Gasteiger partial charge is 0.388 e. The highest BCUT2D eigenvalue weighted by Crippen LogP contribution is 2.37. The summed E-state index contributed by atoms with van der Waals surface area (Å²) in [6, 6.07) is 0. The number of hydrogen-bond acceptors (Lipinski definition) is 6. The van der Waals surface area contributed by atoms with Crippen molar-refractivity contribution < 1.29 is 28.8 Å². The lowest BCUT2D eigenvalue weighted by molar-refractivity contribution is -0.299. The number of aliphatic hydroxyl groups is 1. The molecule has 0 rings (SSSR count). The van der Waals surface area contributed by atoms with Crippen molar-refractivity contribution in [3.8, 4) is 0 Å². The van der Waals surface area contributed by atoms with Gasteiger partial charge < -0.3 is 9.90 Å². The Morgan fingerprint density at radius 1 is 0.920 bits per heavy atom. The molecule has 1 N–H and O–H groups in total. The van der Waals surface area contributed by atoms with Gasteiger partial charge in [0.2, 0.25) is 16.6 Å². The van der Waals surface area contributed by atoms with E-state index in [0.29, 0.717) is 6.29 Å². The minimum absolute atomic E-state index is 0.00208. The zero-order valence-electron chi connectivity index (χ0n) is 17.6. The highest BCUT2D eigenvalue weighted by atomic mass is 28.4. The molecule has 25 heavy (non-hydrogen) atoms. The third-order valence-corrected chi connectivity index (χ3v) is 13.5. The highest BCUT2D eigenvalue weighted by Gasteiger charge is 2.41. The second kappa shape index (κ2) is 9.21. The van der Waals surface area contributed by atoms with E-state index < -0.39 is 28.8 Å². The van der Waals surface area contributed by atoms with Crippen molar-refractivity contribution in [3.05, 3.63) is 0 Å². The summed E-state index contributed by atoms with van der Waals surface area (Å²) < 4.78 is 11.3. The predicted octanol–water partition coefficient (Wildman–Crippen LogP) is 4.21. The molecule has 0 aliphatic carbocycles. The molecular weight excluding hydrogens is 356 g/mol. The molecule has 150 valence electrons. The first-order chi connectivity index (χ1) is 11.0. The van der Waals surface area contributed by atoms with Crippen molar-refractivity contribution in [2.45, 2.75) is 96.4 Å². The van der Waals surface area contributed by atoms with Gasteiger partial charge >= 0.3 is 0 Å². The van der Waals surface area contributed by atoms with Crippen molar-refractivity contribution in [3.63, 3.8) is 0 Å². The van der Waals surface area contributed by atoms with Gasteiger partial charge in [-0.1, -0.05) is 41.5 Å². The van der Waals surface area contributed by atoms with Gasteiger partial charge in [0.1, 0.15) is 25.1 Å². The maximum atomic E-state index is 10.9. The van der Waals surface area contributed by atoms with Gasteiger partial charge in [0.15, 0.2) is 0 Å². The average Bonchev–Trinajstić information content (AvgIpc) is 2.40. The van der Waals surface area contributed by atoms with Crippen LogP contribution in [0.4, 0.5) is 0 Å². The molecule has 0 aliphatic rings. The van der Waals surface area contributed by atoms with Crippen LogP contribution in [-0.4, -0.2) is 46.8 Å². The third-order valence-electron chi connectivity index (χ3n) is 5.26. The number of hydrogen-bond donors (Lipinski definition) is 1. The number of aldehydes is 1. The predicted molar refractivity (Wildman–Crippen MR) is 104 cm³/mol. The summed E-state index contributed by atoms with van der Waals surface area (Å²) >= 11 is 0. The SMILES string of the molecule is CC(C)(C)[Si](C)(C)OOC[C@@H](O)[C@H](CC=O)OO[Si](C)(C)C(C)(C)C. The Hall–Kier alpha value is -0.0962. The average molecular weight is 395 g/mol. The molecule has 0 radical (unpaired) electrons. The van der Waals surface area contributed by atoms with Crippen LogP contribution in [0.3, 0.4) is 0 Å². The molecule has 0 amide bonds. The van der Waals surface area contributed by atoms with Crippen LogP contribution in [0.1, 0.15) is 48.0 Å². The van der Waals surface area contributed by atoms with Crippen molar-refractivity contribution in [2.24, 2.45) is 0 Å². The lowest BCUT2D eigenvalue weighted by Crippen LogP contribution is -2.45. The highest BCUT2D eigenvalue weighted by molar-refractivity contribution is 6.74. The van der Waals surface area contributed by atoms with Crippen LogP contribution >= 0.6 is 0 Å². The minimum Gasteiger partial charge on any atom is -0.388 e. The van der Waals surface area contributed by atoms with Crippen LogP contribution in [0.5, 0.6) is 0 Å². The molecule has 8 heteroatoms. The van der Waals surface area contributed by atoms with Gasteiger partial charge in [0.25, 0.3) is 0 Å². The third kappa shape index (κ3) is 7.98. The summed E-state index contributed by atoms with van der Waals surface area (Å²) in [6.45, 7) is 20.7. The first kappa shape index (κ1) is 24.9. The molecule has 0 fully saturated rings. The Labute approximate surface area is 155 Å². The normalized spacial score (nSPS) is 16.6. The maximum absolute atomic E-state index is 10.9. The number of carbonyl (C=O) groups excluding carboxylic acids is 1. The Balaban J connectivity index is 4.66. The first-order valence-electron chi connectivity index (χ1n) is 8.82. The van der Waals surface area contributed by atoms with Crippen molar-refractivity contribution >= 4 is 22.9 Å². The lowest BCUT2D eigenvalue weighted by atomic mass is 10.2. The molecule has 0 aliphatic heterocycles. The van der Waals surface area contributed by atoms with E-state index in [4.69, 9.17) is 18.9 Å². The van der Waals surface area contributed by atoms with Gasteiger partial charge in [0, 0.05) is 6.42 Å². The molecular formula is C17H38O6Si2. The van der Waals surface area contributed by atoms with Crippen LogP contribution in [-0.2, 0) is 23.7 Å². The molecule has 0 saturated heterocycles. The number of rotatable bonds is 10. The van der Waals surface area contributed by atoms with Crippen molar-refractivity contribution in [2.75, 3.05) is 6.61 Å². The van der Waals surface area contributed by atoms with Crippen LogP contribution in [0.2, 0.25) is 36.3 Å². The topological polar surface area (TPSA) is 74.2 Å². The van der Waals surface area contributed by atoms with E-state index in [2.05, 4.69) is 54.6 Å². The fraction of sp³-hybridized carbons (Fsp3) is 0.941. The van der Waals surface area contributed by atoms with E-state index in [0.717, 1.165) is 0 Å². The van der Waals surface area contributed by atoms with E-state index in [-0.39, 0.29) is 23.1 Å². The van der Waals surface area contributed by atoms with E-state index in [1.54, 1.807) is 0 Å². The summed E-state index contributed by atoms with van der Waals surface area (Å²) in [4.78, 5) is 21.6. The number of aliphatic hydroxyl groups excluding tert-OH is 1. The summed E-state index contributed by atoms with van der Waals surface area (Å²) in [5.74, 6) is 0. The fourth-order valence-corrected chi connectivity index (χ4v) is 2.37. The molecule has 0 unspecified atom stereocenters. The zero-order valence-corrected chi connectivity index (χ0v) is 19.6. The van der Waals surface area contributed by atoms with Gasteiger partial charge in [-0.25, -0.2) is 9.78 Å². The Kier molecular flexibility index (Phi) is 9.17. The fourth-order valence-electron chi connectivity index (χ4n) is 1.15. The van der Waals surface area contributed by atoms with Gasteiger partial charge in [0.05, 0.1) is 0 Å². The summed E-state index contributed by atoms with van der Waals surface area (Å²) in [6.07, 6.45) is -1.06. The second-order valence-corrected chi connectivity index (χ2v) is 19.0. The second-order valence-electron chi connectivity index (χ2n) is 9.58. The van der Waals surface area contributed by atoms with E-state index >= 15 is 0 Å². The van der Waals surface area contributed by atoms with Crippen LogP contribution < -0.4 is 0 Å². The van der Waals surface area contributed by atoms with E-state index in [1.807, 2.05) is 13.1 Å².